The number of sulfonamides is 1. The number of rotatable bonds is 7. The molecule has 0 atom stereocenters. The lowest BCUT2D eigenvalue weighted by molar-refractivity contribution is -0.120. The molecule has 0 saturated carbocycles. The molecule has 134 valence electrons. The lowest BCUT2D eigenvalue weighted by Crippen LogP contribution is -2.42. The Hall–Kier alpha value is -1.40. The summed E-state index contributed by atoms with van der Waals surface area (Å²) < 4.78 is 26.0. The first-order valence-corrected chi connectivity index (χ1v) is 10.5. The van der Waals surface area contributed by atoms with Gasteiger partial charge in [-0.3, -0.25) is 4.79 Å². The number of amides is 1. The van der Waals surface area contributed by atoms with E-state index in [2.05, 4.69) is 12.2 Å². The van der Waals surface area contributed by atoms with E-state index >= 15 is 0 Å². The third-order valence-electron chi connectivity index (χ3n) is 4.63. The molecule has 0 aliphatic carbocycles. The fraction of sp³-hybridized carbons (Fsp3) is 0.611. The van der Waals surface area contributed by atoms with Gasteiger partial charge in [0.05, 0.1) is 5.75 Å². The summed E-state index contributed by atoms with van der Waals surface area (Å²) in [5, 5.41) is 3.01. The van der Waals surface area contributed by atoms with Crippen molar-refractivity contribution < 1.29 is 13.2 Å². The SMILES string of the molecule is CCCCS(=O)(=O)N1CCC(C(=O)Nc2ccccc2CC)CC1. The third kappa shape index (κ3) is 4.80. The number of benzene rings is 1. The largest absolute Gasteiger partial charge is 0.326 e. The summed E-state index contributed by atoms with van der Waals surface area (Å²) in [7, 11) is -3.16. The highest BCUT2D eigenvalue weighted by molar-refractivity contribution is 7.89. The van der Waals surface area contributed by atoms with E-state index in [-0.39, 0.29) is 17.6 Å². The number of carbonyl (C=O) groups excluding carboxylic acids is 1. The topological polar surface area (TPSA) is 66.5 Å². The van der Waals surface area contributed by atoms with Crippen molar-refractivity contribution in [3.05, 3.63) is 29.8 Å². The molecule has 1 saturated heterocycles. The van der Waals surface area contributed by atoms with E-state index in [0.29, 0.717) is 32.4 Å². The molecule has 0 spiro atoms. The van der Waals surface area contributed by atoms with Crippen molar-refractivity contribution in [3.63, 3.8) is 0 Å². The number of hydrogen-bond donors (Lipinski definition) is 1. The van der Waals surface area contributed by atoms with Crippen molar-refractivity contribution in [1.29, 1.82) is 0 Å². The van der Waals surface area contributed by atoms with E-state index in [4.69, 9.17) is 0 Å². The summed E-state index contributed by atoms with van der Waals surface area (Å²) in [6.07, 6.45) is 3.60. The first-order valence-electron chi connectivity index (χ1n) is 8.84. The molecule has 1 aliphatic heterocycles. The van der Waals surface area contributed by atoms with Gasteiger partial charge in [0.1, 0.15) is 0 Å². The second kappa shape index (κ2) is 8.62. The van der Waals surface area contributed by atoms with Crippen LogP contribution in [-0.2, 0) is 21.2 Å². The first kappa shape index (κ1) is 18.9. The number of nitrogens with zero attached hydrogens (tertiary/aromatic N) is 1. The Morgan fingerprint density at radius 3 is 2.50 bits per heavy atom. The van der Waals surface area contributed by atoms with Crippen LogP contribution < -0.4 is 5.32 Å². The van der Waals surface area contributed by atoms with Crippen LogP contribution in [0.3, 0.4) is 0 Å². The normalized spacial score (nSPS) is 16.9. The van der Waals surface area contributed by atoms with E-state index in [9.17, 15) is 13.2 Å². The molecule has 0 radical (unpaired) electrons. The van der Waals surface area contributed by atoms with Crippen LogP contribution in [0.4, 0.5) is 5.69 Å². The van der Waals surface area contributed by atoms with Gasteiger partial charge in [-0.05, 0) is 37.3 Å². The molecular formula is C18H28N2O3S. The monoisotopic (exact) mass is 352 g/mol. The Morgan fingerprint density at radius 1 is 1.21 bits per heavy atom. The van der Waals surface area contributed by atoms with Crippen LogP contribution in [-0.4, -0.2) is 37.5 Å². The summed E-state index contributed by atoms with van der Waals surface area (Å²) >= 11 is 0. The summed E-state index contributed by atoms with van der Waals surface area (Å²) in [6.45, 7) is 4.93. The van der Waals surface area contributed by atoms with Crippen LogP contribution in [0.2, 0.25) is 0 Å². The Balaban J connectivity index is 1.91. The molecule has 6 heteroatoms. The van der Waals surface area contributed by atoms with Gasteiger partial charge in [0.2, 0.25) is 15.9 Å². The van der Waals surface area contributed by atoms with Crippen molar-refractivity contribution in [2.24, 2.45) is 5.92 Å². The highest BCUT2D eigenvalue weighted by atomic mass is 32.2. The zero-order valence-corrected chi connectivity index (χ0v) is 15.4. The number of para-hydroxylation sites is 1. The van der Waals surface area contributed by atoms with Crippen LogP contribution in [0, 0.1) is 5.92 Å². The highest BCUT2D eigenvalue weighted by Gasteiger charge is 2.30. The summed E-state index contributed by atoms with van der Waals surface area (Å²) in [5.41, 5.74) is 1.98. The Kier molecular flexibility index (Phi) is 6.80. The summed E-state index contributed by atoms with van der Waals surface area (Å²) in [6, 6.07) is 7.81. The van der Waals surface area contributed by atoms with Gasteiger partial charge in [0.25, 0.3) is 0 Å². The maximum Gasteiger partial charge on any atom is 0.227 e. The molecule has 0 unspecified atom stereocenters. The highest BCUT2D eigenvalue weighted by Crippen LogP contribution is 2.23. The minimum Gasteiger partial charge on any atom is -0.326 e. The molecule has 1 amide bonds. The Bertz CT molecular complexity index is 650. The van der Waals surface area contributed by atoms with E-state index in [1.54, 1.807) is 4.31 Å². The number of anilines is 1. The molecule has 1 aromatic carbocycles. The summed E-state index contributed by atoms with van der Waals surface area (Å²) in [4.78, 5) is 12.5. The fourth-order valence-corrected chi connectivity index (χ4v) is 4.72. The molecule has 1 N–H and O–H groups in total. The molecule has 1 aromatic rings. The van der Waals surface area contributed by atoms with Gasteiger partial charge in [-0.25, -0.2) is 12.7 Å². The van der Waals surface area contributed by atoms with E-state index in [1.165, 1.54) is 0 Å². The average molecular weight is 353 g/mol. The smallest absolute Gasteiger partial charge is 0.227 e. The molecule has 5 nitrogen and oxygen atoms in total. The van der Waals surface area contributed by atoms with Crippen molar-refractivity contribution in [1.82, 2.24) is 4.31 Å². The van der Waals surface area contributed by atoms with Crippen LogP contribution in [0.1, 0.15) is 45.1 Å². The van der Waals surface area contributed by atoms with Crippen LogP contribution >= 0.6 is 0 Å². The number of piperidine rings is 1. The predicted molar refractivity (Wildman–Crippen MR) is 97.4 cm³/mol. The number of carbonyl (C=O) groups is 1. The van der Waals surface area contributed by atoms with Crippen LogP contribution in [0.15, 0.2) is 24.3 Å². The molecule has 0 bridgehead atoms. The van der Waals surface area contributed by atoms with Crippen LogP contribution in [0.5, 0.6) is 0 Å². The van der Waals surface area contributed by atoms with Gasteiger partial charge >= 0.3 is 0 Å². The third-order valence-corrected chi connectivity index (χ3v) is 6.59. The number of aryl methyl sites for hydroxylation is 1. The van der Waals surface area contributed by atoms with Gasteiger partial charge in [-0.15, -0.1) is 0 Å². The zero-order valence-electron chi connectivity index (χ0n) is 14.6. The second-order valence-corrected chi connectivity index (χ2v) is 8.43. The quantitative estimate of drug-likeness (QED) is 0.820. The van der Waals surface area contributed by atoms with Crippen LogP contribution in [0.25, 0.3) is 0 Å². The van der Waals surface area contributed by atoms with Gasteiger partial charge in [-0.2, -0.15) is 0 Å². The van der Waals surface area contributed by atoms with Gasteiger partial charge in [-0.1, -0.05) is 38.5 Å². The minimum absolute atomic E-state index is 0.00139. The van der Waals surface area contributed by atoms with E-state index in [1.807, 2.05) is 31.2 Å². The molecule has 0 aromatic heterocycles. The molecule has 1 fully saturated rings. The molecule has 1 heterocycles. The van der Waals surface area contributed by atoms with Crippen molar-refractivity contribution in [2.45, 2.75) is 46.0 Å². The van der Waals surface area contributed by atoms with Crippen molar-refractivity contribution in [3.8, 4) is 0 Å². The Labute approximate surface area is 145 Å². The number of unbranched alkanes of at least 4 members (excludes halogenated alkanes) is 1. The van der Waals surface area contributed by atoms with Crippen molar-refractivity contribution >= 4 is 21.6 Å². The van der Waals surface area contributed by atoms with E-state index < -0.39 is 10.0 Å². The molecular weight excluding hydrogens is 324 g/mol. The first-order chi connectivity index (χ1) is 11.5. The number of nitrogens with one attached hydrogen (secondary N) is 1. The number of hydrogen-bond acceptors (Lipinski definition) is 3. The molecule has 1 aliphatic rings. The zero-order chi connectivity index (χ0) is 17.6. The van der Waals surface area contributed by atoms with E-state index in [0.717, 1.165) is 24.1 Å². The fourth-order valence-electron chi connectivity index (χ4n) is 3.04. The Morgan fingerprint density at radius 2 is 1.88 bits per heavy atom. The van der Waals surface area contributed by atoms with Crippen molar-refractivity contribution in [2.75, 3.05) is 24.2 Å². The molecule has 2 rings (SSSR count). The van der Waals surface area contributed by atoms with Gasteiger partial charge < -0.3 is 5.32 Å². The average Bonchev–Trinajstić information content (AvgIpc) is 2.60. The lowest BCUT2D eigenvalue weighted by atomic mass is 9.97. The second-order valence-electron chi connectivity index (χ2n) is 6.34. The maximum atomic E-state index is 12.5. The van der Waals surface area contributed by atoms with Gasteiger partial charge in [0.15, 0.2) is 0 Å². The molecule has 24 heavy (non-hydrogen) atoms. The standard InChI is InChI=1S/C18H28N2O3S/c1-3-5-14-24(22,23)20-12-10-16(11-13-20)18(21)19-17-9-7-6-8-15(17)4-2/h6-9,16H,3-5,10-14H2,1-2H3,(H,19,21). The maximum absolute atomic E-state index is 12.5. The lowest BCUT2D eigenvalue weighted by Gasteiger charge is -2.30. The minimum atomic E-state index is -3.16. The summed E-state index contributed by atoms with van der Waals surface area (Å²) in [5.74, 6) is 0.0959. The predicted octanol–water partition coefficient (Wildman–Crippen LogP) is 3.03. The van der Waals surface area contributed by atoms with Gasteiger partial charge in [0, 0.05) is 24.7 Å².